The van der Waals surface area contributed by atoms with E-state index in [-0.39, 0.29) is 42.5 Å². The van der Waals surface area contributed by atoms with Crippen molar-refractivity contribution < 1.29 is 52.7 Å². The second kappa shape index (κ2) is 10.6. The summed E-state index contributed by atoms with van der Waals surface area (Å²) in [6, 6.07) is 1.43. The van der Waals surface area contributed by atoms with Gasteiger partial charge >= 0.3 is 204 Å². The molecule has 0 aromatic heterocycles. The Morgan fingerprint density at radius 3 is 1.05 bits per heavy atom. The zero-order valence-electron chi connectivity index (χ0n) is 17.9. The number of hydrogen-bond donors (Lipinski definition) is 0. The maximum atomic E-state index is 14.3. The van der Waals surface area contributed by atoms with Crippen molar-refractivity contribution in [3.63, 3.8) is 0 Å². The molecule has 0 spiro atoms. The van der Waals surface area contributed by atoms with Gasteiger partial charge in [0, 0.05) is 0 Å². The van der Waals surface area contributed by atoms with Gasteiger partial charge in [-0.05, 0) is 0 Å². The van der Waals surface area contributed by atoms with Gasteiger partial charge in [-0.15, -0.1) is 0 Å². The van der Waals surface area contributed by atoms with Gasteiger partial charge in [0.1, 0.15) is 0 Å². The monoisotopic (exact) mass is 595 g/mol. The third-order valence-electron chi connectivity index (χ3n) is 5.71. The summed E-state index contributed by atoms with van der Waals surface area (Å²) >= 11 is -6.18. The van der Waals surface area contributed by atoms with Crippen molar-refractivity contribution in [3.8, 4) is 0 Å². The molecule has 0 bridgehead atoms. The van der Waals surface area contributed by atoms with Crippen molar-refractivity contribution in [1.82, 2.24) is 0 Å². The Bertz CT molecular complexity index is 1270. The first-order chi connectivity index (χ1) is 17.2. The van der Waals surface area contributed by atoms with Gasteiger partial charge in [0.05, 0.1) is 0 Å². The van der Waals surface area contributed by atoms with Crippen LogP contribution in [0.2, 0.25) is 0 Å². The van der Waals surface area contributed by atoms with Crippen molar-refractivity contribution in [2.75, 3.05) is 0 Å². The summed E-state index contributed by atoms with van der Waals surface area (Å²) in [4.78, 5) is 0. The second-order valence-electron chi connectivity index (χ2n) is 7.79. The maximum absolute atomic E-state index is 14.3. The first-order valence-electron chi connectivity index (χ1n) is 9.89. The van der Waals surface area contributed by atoms with Gasteiger partial charge < -0.3 is 0 Å². The minimum absolute atomic E-state index is 0.107. The Kier molecular flexibility index (Phi) is 8.08. The molecule has 3 rings (SSSR count). The summed E-state index contributed by atoms with van der Waals surface area (Å²) in [5.41, 5.74) is 0. The summed E-state index contributed by atoms with van der Waals surface area (Å²) in [5.74, 6) is -21.9. The van der Waals surface area contributed by atoms with E-state index in [1.54, 1.807) is 0 Å². The van der Waals surface area contributed by atoms with Crippen LogP contribution in [0.15, 0.2) is 71.2 Å². The quantitative estimate of drug-likeness (QED) is 0.139. The van der Waals surface area contributed by atoms with Crippen LogP contribution in [0.5, 0.6) is 0 Å². The molecule has 194 valence electrons. The summed E-state index contributed by atoms with van der Waals surface area (Å²) in [7, 11) is 0. The van der Waals surface area contributed by atoms with E-state index in [4.69, 9.17) is 0 Å². The van der Waals surface area contributed by atoms with Gasteiger partial charge in [-0.2, -0.15) is 0 Å². The van der Waals surface area contributed by atoms with E-state index in [9.17, 15) is 52.7 Å². The molecule has 0 nitrogen and oxygen atoms in total. The molecule has 0 radical (unpaired) electrons. The van der Waals surface area contributed by atoms with E-state index >= 15 is 0 Å². The molecule has 3 aromatic rings. The predicted molar refractivity (Wildman–Crippen MR) is 112 cm³/mol. The van der Waals surface area contributed by atoms with Gasteiger partial charge in [-0.25, -0.2) is 0 Å². The van der Waals surface area contributed by atoms with Crippen LogP contribution in [0, 0.1) is 52.4 Å². The van der Waals surface area contributed by atoms with Gasteiger partial charge in [-0.3, -0.25) is 0 Å². The molecule has 13 heteroatoms. The van der Waals surface area contributed by atoms with Crippen LogP contribution in [-0.2, 0) is 0 Å². The SMILES string of the molecule is C=[C](/C=C(F)\C(F)=C\F)[Ga-]([c]1cc(F)c(F)c(F)c1)([c]1cc(F)c(F)c(F)c1)[c]1cc(F)c(F)c(F)c1. The molecule has 0 saturated carbocycles. The van der Waals surface area contributed by atoms with Crippen LogP contribution in [-0.4, -0.2) is 15.0 Å². The molecular formula is C24H10F12Ga-. The van der Waals surface area contributed by atoms with Crippen molar-refractivity contribution in [2.45, 2.75) is 0 Å². The molecule has 0 saturated heterocycles. The van der Waals surface area contributed by atoms with Crippen LogP contribution >= 0.6 is 0 Å². The Morgan fingerprint density at radius 1 is 0.541 bits per heavy atom. The third kappa shape index (κ3) is 4.97. The Morgan fingerprint density at radius 2 is 0.811 bits per heavy atom. The van der Waals surface area contributed by atoms with E-state index in [0.29, 0.717) is 0 Å². The van der Waals surface area contributed by atoms with Crippen molar-refractivity contribution in [3.05, 3.63) is 124 Å². The average molecular weight is 596 g/mol. The zero-order chi connectivity index (χ0) is 27.8. The molecule has 0 amide bonds. The van der Waals surface area contributed by atoms with E-state index in [2.05, 4.69) is 6.58 Å². The minimum atomic E-state index is -6.18. The van der Waals surface area contributed by atoms with Crippen LogP contribution < -0.4 is 12.4 Å². The predicted octanol–water partition coefficient (Wildman–Crippen LogP) is 6.14. The van der Waals surface area contributed by atoms with Crippen LogP contribution in [0.3, 0.4) is 0 Å². The van der Waals surface area contributed by atoms with Crippen LogP contribution in [0.25, 0.3) is 0 Å². The summed E-state index contributed by atoms with van der Waals surface area (Å²) in [6.07, 6.45) is -0.739. The van der Waals surface area contributed by atoms with Crippen LogP contribution in [0.4, 0.5) is 52.7 Å². The fraction of sp³-hybridized carbons (Fsp3) is 0. The Balaban J connectivity index is 2.64. The third-order valence-corrected chi connectivity index (χ3v) is 16.8. The number of hydrogen-bond acceptors (Lipinski definition) is 0. The first kappa shape index (κ1) is 28.3. The molecule has 0 aliphatic carbocycles. The van der Waals surface area contributed by atoms with Gasteiger partial charge in [0.2, 0.25) is 0 Å². The van der Waals surface area contributed by atoms with Crippen LogP contribution in [0.1, 0.15) is 0 Å². The summed E-state index contributed by atoms with van der Waals surface area (Å²) in [5, 5.41) is 0. The topological polar surface area (TPSA) is 0 Å². The molecule has 0 atom stereocenters. The molecule has 0 unspecified atom stereocenters. The fourth-order valence-electron chi connectivity index (χ4n) is 4.10. The average Bonchev–Trinajstić information content (AvgIpc) is 2.83. The van der Waals surface area contributed by atoms with E-state index in [1.165, 1.54) is 0 Å². The van der Waals surface area contributed by atoms with E-state index < -0.39 is 102 Å². The van der Waals surface area contributed by atoms with Crippen molar-refractivity contribution in [1.29, 1.82) is 0 Å². The van der Waals surface area contributed by atoms with E-state index in [0.717, 1.165) is 0 Å². The summed E-state index contributed by atoms with van der Waals surface area (Å²) in [6.45, 7) is 3.40. The molecule has 0 heterocycles. The molecule has 0 N–H and O–H groups in total. The molecule has 0 aliphatic rings. The number of halogens is 12. The molecular weight excluding hydrogens is 586 g/mol. The van der Waals surface area contributed by atoms with Gasteiger partial charge in [0.15, 0.2) is 0 Å². The molecule has 0 fully saturated rings. The van der Waals surface area contributed by atoms with Crippen molar-refractivity contribution >= 4 is 27.4 Å². The number of benzene rings is 3. The first-order valence-corrected chi connectivity index (χ1v) is 14.7. The number of allylic oxidation sites excluding steroid dienone is 4. The standard InChI is InChI=1S/3C6H2F3.C6H4F3.Ga/c3*7-4-2-1-3-5(8)6(4)9;1-2-3-5(8)6(9)4-7;/h3*2-3H;3-4H,1H2;/q;;;;-1/b;;;5-3+,6-4-;. The fourth-order valence-corrected chi connectivity index (χ4v) is 15.0. The Labute approximate surface area is 203 Å². The molecule has 3 aromatic carbocycles. The van der Waals surface area contributed by atoms with Crippen molar-refractivity contribution in [2.24, 2.45) is 0 Å². The van der Waals surface area contributed by atoms with Gasteiger partial charge in [0.25, 0.3) is 0 Å². The molecule has 37 heavy (non-hydrogen) atoms. The normalized spacial score (nSPS) is 12.8. The van der Waals surface area contributed by atoms with E-state index in [1.807, 2.05) is 0 Å². The number of rotatable bonds is 6. The second-order valence-corrected chi connectivity index (χ2v) is 17.2. The summed E-state index contributed by atoms with van der Waals surface area (Å²) < 4.78 is 164. The van der Waals surface area contributed by atoms with Gasteiger partial charge in [-0.1, -0.05) is 0 Å². The zero-order valence-corrected chi connectivity index (χ0v) is 20.4. The molecule has 0 aliphatic heterocycles. The Hall–Kier alpha value is -3.32.